The van der Waals surface area contributed by atoms with E-state index in [-0.39, 0.29) is 11.6 Å². The third-order valence-corrected chi connectivity index (χ3v) is 2.27. The fraction of sp³-hybridized carbons (Fsp3) is 0.167. The van der Waals surface area contributed by atoms with E-state index in [4.69, 9.17) is 11.6 Å². The zero-order chi connectivity index (χ0) is 12.8. The SMILES string of the molecule is COC(=O)C(=Cc1ccccc1Cl)NC(C)=O. The number of rotatable bonds is 3. The van der Waals surface area contributed by atoms with Crippen LogP contribution in [0.25, 0.3) is 6.08 Å². The Kier molecular flexibility index (Phi) is 4.72. The molecule has 0 aliphatic rings. The average molecular weight is 254 g/mol. The van der Waals surface area contributed by atoms with Gasteiger partial charge in [-0.2, -0.15) is 0 Å². The van der Waals surface area contributed by atoms with Crippen molar-refractivity contribution in [2.24, 2.45) is 0 Å². The Morgan fingerprint density at radius 2 is 2.00 bits per heavy atom. The van der Waals surface area contributed by atoms with E-state index in [1.54, 1.807) is 24.3 Å². The largest absolute Gasteiger partial charge is 0.464 e. The van der Waals surface area contributed by atoms with Crippen LogP contribution in [0, 0.1) is 0 Å². The minimum Gasteiger partial charge on any atom is -0.464 e. The van der Waals surface area contributed by atoms with Crippen LogP contribution >= 0.6 is 11.6 Å². The second-order valence-electron chi connectivity index (χ2n) is 3.25. The molecule has 0 aromatic heterocycles. The number of esters is 1. The third kappa shape index (κ3) is 3.92. The summed E-state index contributed by atoms with van der Waals surface area (Å²) < 4.78 is 4.56. The van der Waals surface area contributed by atoms with Crippen molar-refractivity contribution in [3.8, 4) is 0 Å². The fourth-order valence-electron chi connectivity index (χ4n) is 1.19. The number of ether oxygens (including phenoxy) is 1. The van der Waals surface area contributed by atoms with Gasteiger partial charge in [0.1, 0.15) is 5.70 Å². The zero-order valence-electron chi connectivity index (χ0n) is 9.49. The van der Waals surface area contributed by atoms with E-state index in [1.165, 1.54) is 20.1 Å². The summed E-state index contributed by atoms with van der Waals surface area (Å²) in [6.45, 7) is 1.31. The summed E-state index contributed by atoms with van der Waals surface area (Å²) in [6.07, 6.45) is 1.47. The third-order valence-electron chi connectivity index (χ3n) is 1.92. The van der Waals surface area contributed by atoms with Gasteiger partial charge in [0, 0.05) is 11.9 Å². The fourth-order valence-corrected chi connectivity index (χ4v) is 1.38. The van der Waals surface area contributed by atoms with Gasteiger partial charge < -0.3 is 10.1 Å². The van der Waals surface area contributed by atoms with E-state index in [9.17, 15) is 9.59 Å². The molecule has 1 aromatic carbocycles. The van der Waals surface area contributed by atoms with Gasteiger partial charge in [0.05, 0.1) is 7.11 Å². The maximum Gasteiger partial charge on any atom is 0.354 e. The summed E-state index contributed by atoms with van der Waals surface area (Å²) in [7, 11) is 1.24. The molecule has 0 aliphatic carbocycles. The molecular formula is C12H12ClNO3. The van der Waals surface area contributed by atoms with Crippen molar-refractivity contribution in [2.45, 2.75) is 6.92 Å². The molecule has 0 fully saturated rings. The summed E-state index contributed by atoms with van der Waals surface area (Å²) in [6, 6.07) is 6.97. The lowest BCUT2D eigenvalue weighted by atomic mass is 10.2. The minimum absolute atomic E-state index is 0.0492. The highest BCUT2D eigenvalue weighted by molar-refractivity contribution is 6.32. The molecule has 17 heavy (non-hydrogen) atoms. The number of methoxy groups -OCH3 is 1. The number of nitrogens with one attached hydrogen (secondary N) is 1. The summed E-state index contributed by atoms with van der Waals surface area (Å²) in [5, 5.41) is 2.88. The molecule has 1 amide bonds. The molecule has 4 nitrogen and oxygen atoms in total. The number of halogens is 1. The Labute approximate surface area is 104 Å². The first-order valence-corrected chi connectivity index (χ1v) is 5.24. The number of benzene rings is 1. The molecule has 0 aliphatic heterocycles. The highest BCUT2D eigenvalue weighted by atomic mass is 35.5. The van der Waals surface area contributed by atoms with Crippen LogP contribution in [-0.2, 0) is 14.3 Å². The predicted molar refractivity (Wildman–Crippen MR) is 65.3 cm³/mol. The first-order valence-electron chi connectivity index (χ1n) is 4.86. The number of amides is 1. The topological polar surface area (TPSA) is 55.4 Å². The molecule has 0 saturated carbocycles. The Hall–Kier alpha value is -1.81. The first-order chi connectivity index (χ1) is 8.04. The van der Waals surface area contributed by atoms with Crippen molar-refractivity contribution < 1.29 is 14.3 Å². The Morgan fingerprint density at radius 3 is 2.53 bits per heavy atom. The second-order valence-corrected chi connectivity index (χ2v) is 3.66. The maximum atomic E-state index is 11.4. The summed E-state index contributed by atoms with van der Waals surface area (Å²) in [5.74, 6) is -0.978. The van der Waals surface area contributed by atoms with E-state index in [1.807, 2.05) is 0 Å². The lowest BCUT2D eigenvalue weighted by Gasteiger charge is -2.06. The maximum absolute atomic E-state index is 11.4. The Morgan fingerprint density at radius 1 is 1.35 bits per heavy atom. The van der Waals surface area contributed by atoms with Crippen LogP contribution in [0.4, 0.5) is 0 Å². The second kappa shape index (κ2) is 6.06. The van der Waals surface area contributed by atoms with Crippen LogP contribution in [-0.4, -0.2) is 19.0 Å². The minimum atomic E-state index is -0.625. The first kappa shape index (κ1) is 13.3. The molecule has 0 radical (unpaired) electrons. The summed E-state index contributed by atoms with van der Waals surface area (Å²) >= 11 is 5.94. The standard InChI is InChI=1S/C12H12ClNO3/c1-8(15)14-11(12(16)17-2)7-9-5-3-4-6-10(9)13/h3-7H,1-2H3,(H,14,15). The van der Waals surface area contributed by atoms with Crippen molar-refractivity contribution >= 4 is 29.6 Å². The quantitative estimate of drug-likeness (QED) is 0.662. The van der Waals surface area contributed by atoms with Gasteiger partial charge in [-0.1, -0.05) is 29.8 Å². The molecule has 1 aromatic rings. The zero-order valence-corrected chi connectivity index (χ0v) is 10.2. The Balaban J connectivity index is 3.09. The lowest BCUT2D eigenvalue weighted by Crippen LogP contribution is -2.25. The van der Waals surface area contributed by atoms with Gasteiger partial charge in [-0.25, -0.2) is 4.79 Å². The molecule has 0 unspecified atom stereocenters. The highest BCUT2D eigenvalue weighted by Gasteiger charge is 2.11. The number of carbonyl (C=O) groups is 2. The lowest BCUT2D eigenvalue weighted by molar-refractivity contribution is -0.137. The van der Waals surface area contributed by atoms with Crippen LogP contribution in [0.5, 0.6) is 0 Å². The van der Waals surface area contributed by atoms with E-state index >= 15 is 0 Å². The van der Waals surface area contributed by atoms with Crippen LogP contribution in [0.2, 0.25) is 5.02 Å². The molecule has 0 saturated heterocycles. The molecule has 0 atom stereocenters. The molecule has 1 rings (SSSR count). The van der Waals surface area contributed by atoms with E-state index < -0.39 is 5.97 Å². The van der Waals surface area contributed by atoms with Gasteiger partial charge in [-0.3, -0.25) is 4.79 Å². The van der Waals surface area contributed by atoms with Crippen molar-refractivity contribution in [1.29, 1.82) is 0 Å². The molecule has 1 N–H and O–H groups in total. The molecule has 5 heteroatoms. The van der Waals surface area contributed by atoms with E-state index in [0.29, 0.717) is 10.6 Å². The molecule has 0 spiro atoms. The van der Waals surface area contributed by atoms with E-state index in [2.05, 4.69) is 10.1 Å². The normalized spacial score (nSPS) is 10.9. The van der Waals surface area contributed by atoms with Crippen LogP contribution in [0.3, 0.4) is 0 Å². The smallest absolute Gasteiger partial charge is 0.354 e. The molecular weight excluding hydrogens is 242 g/mol. The monoisotopic (exact) mass is 253 g/mol. The summed E-state index contributed by atoms with van der Waals surface area (Å²) in [4.78, 5) is 22.4. The molecule has 0 bridgehead atoms. The van der Waals surface area contributed by atoms with Gasteiger partial charge in [0.25, 0.3) is 0 Å². The van der Waals surface area contributed by atoms with Gasteiger partial charge in [0.2, 0.25) is 5.91 Å². The van der Waals surface area contributed by atoms with E-state index in [0.717, 1.165) is 0 Å². The number of hydrogen-bond donors (Lipinski definition) is 1. The molecule has 0 heterocycles. The Bertz CT molecular complexity index is 469. The van der Waals surface area contributed by atoms with Crippen molar-refractivity contribution in [3.05, 3.63) is 40.5 Å². The number of hydrogen-bond acceptors (Lipinski definition) is 3. The number of carbonyl (C=O) groups excluding carboxylic acids is 2. The average Bonchev–Trinajstić information content (AvgIpc) is 2.29. The van der Waals surface area contributed by atoms with Gasteiger partial charge >= 0.3 is 5.97 Å². The van der Waals surface area contributed by atoms with Gasteiger partial charge in [-0.05, 0) is 17.7 Å². The van der Waals surface area contributed by atoms with Crippen LogP contribution < -0.4 is 5.32 Å². The van der Waals surface area contributed by atoms with Gasteiger partial charge in [-0.15, -0.1) is 0 Å². The molecule has 90 valence electrons. The van der Waals surface area contributed by atoms with Crippen LogP contribution in [0.1, 0.15) is 12.5 Å². The summed E-state index contributed by atoms with van der Waals surface area (Å²) in [5.41, 5.74) is 0.677. The van der Waals surface area contributed by atoms with Gasteiger partial charge in [0.15, 0.2) is 0 Å². The highest BCUT2D eigenvalue weighted by Crippen LogP contribution is 2.17. The van der Waals surface area contributed by atoms with Crippen molar-refractivity contribution in [3.63, 3.8) is 0 Å². The van der Waals surface area contributed by atoms with Crippen LogP contribution in [0.15, 0.2) is 30.0 Å². The van der Waals surface area contributed by atoms with Crippen molar-refractivity contribution in [2.75, 3.05) is 7.11 Å². The predicted octanol–water partition coefficient (Wildman–Crippen LogP) is 1.99. The van der Waals surface area contributed by atoms with Crippen molar-refractivity contribution in [1.82, 2.24) is 5.32 Å².